The van der Waals surface area contributed by atoms with Gasteiger partial charge in [0.2, 0.25) is 5.91 Å². The zero-order valence-corrected chi connectivity index (χ0v) is 13.3. The van der Waals surface area contributed by atoms with Gasteiger partial charge in [-0.25, -0.2) is 4.98 Å². The molecule has 0 radical (unpaired) electrons. The van der Waals surface area contributed by atoms with Gasteiger partial charge in [-0.05, 0) is 25.7 Å². The number of anilines is 1. The zero-order chi connectivity index (χ0) is 16.3. The van der Waals surface area contributed by atoms with Gasteiger partial charge in [0.25, 0.3) is 5.56 Å². The van der Waals surface area contributed by atoms with E-state index in [1.165, 1.54) is 6.20 Å². The quantitative estimate of drug-likeness (QED) is 0.752. The summed E-state index contributed by atoms with van der Waals surface area (Å²) >= 11 is 0. The Morgan fingerprint density at radius 3 is 2.96 bits per heavy atom. The number of piperidine rings is 1. The van der Waals surface area contributed by atoms with Gasteiger partial charge in [0.1, 0.15) is 0 Å². The van der Waals surface area contributed by atoms with Crippen LogP contribution in [-0.4, -0.2) is 45.7 Å². The van der Waals surface area contributed by atoms with Gasteiger partial charge < -0.3 is 20.3 Å². The molecule has 1 saturated carbocycles. The summed E-state index contributed by atoms with van der Waals surface area (Å²) < 4.78 is 0. The van der Waals surface area contributed by atoms with Crippen LogP contribution < -0.4 is 15.8 Å². The molecule has 0 unspecified atom stereocenters. The fourth-order valence-electron chi connectivity index (χ4n) is 3.64. The van der Waals surface area contributed by atoms with Crippen LogP contribution in [-0.2, 0) is 4.79 Å². The number of aromatic amines is 1. The summed E-state index contributed by atoms with van der Waals surface area (Å²) in [6, 6.07) is -0.0114. The highest BCUT2D eigenvalue weighted by atomic mass is 16.3. The van der Waals surface area contributed by atoms with Crippen molar-refractivity contribution >= 4 is 11.7 Å². The molecule has 1 aliphatic heterocycles. The van der Waals surface area contributed by atoms with Gasteiger partial charge in [0, 0.05) is 31.5 Å². The van der Waals surface area contributed by atoms with Crippen LogP contribution in [0.15, 0.2) is 17.2 Å². The smallest absolute Gasteiger partial charge is 0.290 e. The highest BCUT2D eigenvalue weighted by molar-refractivity contribution is 5.77. The summed E-state index contributed by atoms with van der Waals surface area (Å²) in [6.07, 6.45) is 8.42. The lowest BCUT2D eigenvalue weighted by Crippen LogP contribution is -2.50. The molecular formula is C16H24N4O3. The first-order valence-electron chi connectivity index (χ1n) is 8.36. The van der Waals surface area contributed by atoms with Crippen molar-refractivity contribution in [3.05, 3.63) is 22.7 Å². The van der Waals surface area contributed by atoms with Gasteiger partial charge in [-0.3, -0.25) is 9.59 Å². The number of hydrogen-bond acceptors (Lipinski definition) is 5. The summed E-state index contributed by atoms with van der Waals surface area (Å²) in [5, 5.41) is 13.3. The SMILES string of the molecule is O=C(CC1(O)CCCC1)N[C@H]1CCCN(c2ncc[nH]c2=O)C1. The van der Waals surface area contributed by atoms with E-state index >= 15 is 0 Å². The Balaban J connectivity index is 1.57. The minimum atomic E-state index is -0.823. The standard InChI is InChI=1S/C16H24N4O3/c21-13(10-16(23)5-1-2-6-16)19-12-4-3-9-20(11-12)14-15(22)18-8-7-17-14/h7-8,12,23H,1-6,9-11H2,(H,18,22)(H,19,21)/t12-/m0/s1. The first-order chi connectivity index (χ1) is 11.1. The van der Waals surface area contributed by atoms with Gasteiger partial charge in [-0.15, -0.1) is 0 Å². The van der Waals surface area contributed by atoms with E-state index in [0.717, 1.165) is 32.2 Å². The fourth-order valence-corrected chi connectivity index (χ4v) is 3.64. The number of aromatic nitrogens is 2. The van der Waals surface area contributed by atoms with Gasteiger partial charge in [-0.2, -0.15) is 0 Å². The van der Waals surface area contributed by atoms with Crippen molar-refractivity contribution in [3.63, 3.8) is 0 Å². The monoisotopic (exact) mass is 320 g/mol. The van der Waals surface area contributed by atoms with E-state index in [1.807, 2.05) is 4.90 Å². The third-order valence-electron chi connectivity index (χ3n) is 4.80. The lowest BCUT2D eigenvalue weighted by atomic mass is 9.97. The number of H-pyrrole nitrogens is 1. The molecule has 2 aliphatic rings. The molecule has 3 rings (SSSR count). The zero-order valence-electron chi connectivity index (χ0n) is 13.3. The van der Waals surface area contributed by atoms with E-state index in [1.54, 1.807) is 6.20 Å². The second-order valence-corrected chi connectivity index (χ2v) is 6.70. The van der Waals surface area contributed by atoms with Crippen LogP contribution in [0.3, 0.4) is 0 Å². The molecule has 1 saturated heterocycles. The minimum Gasteiger partial charge on any atom is -0.389 e. The van der Waals surface area contributed by atoms with Crippen molar-refractivity contribution in [3.8, 4) is 0 Å². The number of amides is 1. The fraction of sp³-hybridized carbons (Fsp3) is 0.688. The van der Waals surface area contributed by atoms with Crippen LogP contribution >= 0.6 is 0 Å². The lowest BCUT2D eigenvalue weighted by Gasteiger charge is -2.34. The summed E-state index contributed by atoms with van der Waals surface area (Å²) in [5.41, 5.74) is -1.03. The maximum absolute atomic E-state index is 12.2. The number of nitrogens with one attached hydrogen (secondary N) is 2. The number of carbonyl (C=O) groups is 1. The normalized spacial score (nSPS) is 23.7. The van der Waals surface area contributed by atoms with Gasteiger partial charge in [0.05, 0.1) is 12.0 Å². The van der Waals surface area contributed by atoms with Crippen molar-refractivity contribution in [2.24, 2.45) is 0 Å². The van der Waals surface area contributed by atoms with Crippen LogP contribution in [0.2, 0.25) is 0 Å². The van der Waals surface area contributed by atoms with E-state index < -0.39 is 5.60 Å². The number of rotatable bonds is 4. The Bertz CT molecular complexity index is 609. The highest BCUT2D eigenvalue weighted by Gasteiger charge is 2.34. The number of aliphatic hydroxyl groups is 1. The topological polar surface area (TPSA) is 98.3 Å². The van der Waals surface area contributed by atoms with E-state index in [9.17, 15) is 14.7 Å². The molecule has 1 aromatic rings. The molecule has 1 amide bonds. The van der Waals surface area contributed by atoms with Crippen molar-refractivity contribution in [2.75, 3.05) is 18.0 Å². The summed E-state index contributed by atoms with van der Waals surface area (Å²) in [5.74, 6) is 0.303. The molecule has 0 bridgehead atoms. The molecule has 1 aliphatic carbocycles. The molecule has 126 valence electrons. The Hall–Kier alpha value is -1.89. The summed E-state index contributed by atoms with van der Waals surface area (Å²) in [7, 11) is 0. The molecular weight excluding hydrogens is 296 g/mol. The van der Waals surface area contributed by atoms with Gasteiger partial charge >= 0.3 is 0 Å². The Morgan fingerprint density at radius 1 is 1.43 bits per heavy atom. The van der Waals surface area contributed by atoms with E-state index in [0.29, 0.717) is 25.2 Å². The van der Waals surface area contributed by atoms with Crippen LogP contribution in [0.4, 0.5) is 5.82 Å². The van der Waals surface area contributed by atoms with Crippen LogP contribution in [0.25, 0.3) is 0 Å². The molecule has 0 aromatic carbocycles. The second kappa shape index (κ2) is 6.70. The van der Waals surface area contributed by atoms with E-state index in [4.69, 9.17) is 0 Å². The molecule has 3 N–H and O–H groups in total. The number of carbonyl (C=O) groups excluding carboxylic acids is 1. The molecule has 7 nitrogen and oxygen atoms in total. The molecule has 0 spiro atoms. The van der Waals surface area contributed by atoms with Crippen LogP contribution in [0.1, 0.15) is 44.9 Å². The van der Waals surface area contributed by atoms with Crippen LogP contribution in [0.5, 0.6) is 0 Å². The van der Waals surface area contributed by atoms with Gasteiger partial charge in [-0.1, -0.05) is 12.8 Å². The van der Waals surface area contributed by atoms with Crippen molar-refractivity contribution in [2.45, 2.75) is 56.6 Å². The third kappa shape index (κ3) is 3.90. The van der Waals surface area contributed by atoms with Crippen molar-refractivity contribution < 1.29 is 9.90 Å². The molecule has 1 atom stereocenters. The van der Waals surface area contributed by atoms with Crippen LogP contribution in [0, 0.1) is 0 Å². The Labute approximate surface area is 135 Å². The first-order valence-corrected chi connectivity index (χ1v) is 8.36. The van der Waals surface area contributed by atoms with Gasteiger partial charge in [0.15, 0.2) is 5.82 Å². The predicted molar refractivity (Wildman–Crippen MR) is 86.3 cm³/mol. The predicted octanol–water partition coefficient (Wildman–Crippen LogP) is 0.550. The third-order valence-corrected chi connectivity index (χ3v) is 4.80. The maximum Gasteiger partial charge on any atom is 0.290 e. The second-order valence-electron chi connectivity index (χ2n) is 6.70. The molecule has 2 heterocycles. The largest absolute Gasteiger partial charge is 0.389 e. The number of hydrogen-bond donors (Lipinski definition) is 3. The first kappa shape index (κ1) is 16.0. The van der Waals surface area contributed by atoms with E-state index in [2.05, 4.69) is 15.3 Å². The average molecular weight is 320 g/mol. The molecule has 7 heteroatoms. The van der Waals surface area contributed by atoms with Crippen molar-refractivity contribution in [1.82, 2.24) is 15.3 Å². The van der Waals surface area contributed by atoms with Crippen molar-refractivity contribution in [1.29, 1.82) is 0 Å². The molecule has 23 heavy (non-hydrogen) atoms. The lowest BCUT2D eigenvalue weighted by molar-refractivity contribution is -0.126. The Kier molecular flexibility index (Phi) is 4.66. The molecule has 1 aromatic heterocycles. The molecule has 2 fully saturated rings. The van der Waals surface area contributed by atoms with E-state index in [-0.39, 0.29) is 23.9 Å². The summed E-state index contributed by atoms with van der Waals surface area (Å²) in [4.78, 5) is 32.7. The minimum absolute atomic E-state index is 0.0114. The average Bonchev–Trinajstić information content (AvgIpc) is 2.94. The number of nitrogens with zero attached hydrogens (tertiary/aromatic N) is 2. The Morgan fingerprint density at radius 2 is 2.22 bits per heavy atom. The summed E-state index contributed by atoms with van der Waals surface area (Å²) in [6.45, 7) is 1.33. The highest BCUT2D eigenvalue weighted by Crippen LogP contribution is 2.32. The maximum atomic E-state index is 12.2.